The summed E-state index contributed by atoms with van der Waals surface area (Å²) in [5.41, 5.74) is 1.37. The van der Waals surface area contributed by atoms with Crippen LogP contribution >= 0.6 is 0 Å². The normalized spacial score (nSPS) is 15.3. The van der Waals surface area contributed by atoms with Crippen LogP contribution in [0.4, 0.5) is 0 Å². The maximum atomic E-state index is 11.9. The summed E-state index contributed by atoms with van der Waals surface area (Å²) in [6, 6.07) is 31.1. The van der Waals surface area contributed by atoms with Crippen LogP contribution in [0.1, 0.15) is 48.9 Å². The lowest BCUT2D eigenvalue weighted by Gasteiger charge is -2.42. The highest BCUT2D eigenvalue weighted by Gasteiger charge is 2.45. The Morgan fingerprint density at radius 3 is 1.07 bits per heavy atom. The smallest absolute Gasteiger partial charge is 0.122 e. The molecule has 0 amide bonds. The molecule has 0 saturated heterocycles. The first-order chi connectivity index (χ1) is 21.8. The van der Waals surface area contributed by atoms with Gasteiger partial charge in [-0.15, -0.1) is 0 Å². The van der Waals surface area contributed by atoms with Gasteiger partial charge in [0.25, 0.3) is 0 Å². The largest absolute Gasteiger partial charge is 0.497 e. The average molecular weight is 615 g/mol. The molecule has 4 atom stereocenters. The second-order valence-electron chi connectivity index (χ2n) is 11.2. The first-order valence-electron chi connectivity index (χ1n) is 15.3. The van der Waals surface area contributed by atoms with Gasteiger partial charge in [0.05, 0.1) is 64.7 Å². The highest BCUT2D eigenvalue weighted by Crippen LogP contribution is 2.44. The zero-order valence-corrected chi connectivity index (χ0v) is 27.2. The number of methoxy groups -OCH3 is 4. The van der Waals surface area contributed by atoms with Crippen LogP contribution in [-0.2, 0) is 15.6 Å². The molecule has 4 aromatic carbocycles. The summed E-state index contributed by atoms with van der Waals surface area (Å²) in [5, 5.41) is 23.8. The van der Waals surface area contributed by atoms with Crippen molar-refractivity contribution in [2.45, 2.75) is 49.7 Å². The molecule has 0 aliphatic carbocycles. The van der Waals surface area contributed by atoms with E-state index >= 15 is 0 Å². The molecule has 0 fully saturated rings. The van der Waals surface area contributed by atoms with Gasteiger partial charge in [-0.1, -0.05) is 74.5 Å². The van der Waals surface area contributed by atoms with Gasteiger partial charge >= 0.3 is 0 Å². The van der Waals surface area contributed by atoms with E-state index in [1.807, 2.05) is 111 Å². The molecule has 4 rings (SSSR count). The van der Waals surface area contributed by atoms with Crippen molar-refractivity contribution in [1.29, 1.82) is 0 Å². The molecule has 0 spiro atoms. The van der Waals surface area contributed by atoms with Crippen molar-refractivity contribution in [2.75, 3.05) is 41.7 Å². The standard InChI is InChI=1S/C38H46O7/c1-7-35(39)37(27-15-11-9-12-16-27,29-19-31(41-3)23-32(20-29)42-4)25-45-26-38(36(40)8-2,28-17-13-10-14-18-28)30-21-33(43-5)24-34(22-30)44-6/h9-24,35-36,39-40H,7-8,25-26H2,1-6H3. The summed E-state index contributed by atoms with van der Waals surface area (Å²) < 4.78 is 29.4. The molecule has 0 bridgehead atoms. The zero-order valence-electron chi connectivity index (χ0n) is 27.2. The Morgan fingerprint density at radius 1 is 0.489 bits per heavy atom. The molecule has 4 aromatic rings. The Morgan fingerprint density at radius 2 is 0.800 bits per heavy atom. The summed E-state index contributed by atoms with van der Waals surface area (Å²) in [4.78, 5) is 0. The van der Waals surface area contributed by atoms with Gasteiger partial charge in [-0.25, -0.2) is 0 Å². The lowest BCUT2D eigenvalue weighted by molar-refractivity contribution is -0.0188. The van der Waals surface area contributed by atoms with Crippen molar-refractivity contribution in [2.24, 2.45) is 0 Å². The third kappa shape index (κ3) is 6.81. The van der Waals surface area contributed by atoms with Crippen molar-refractivity contribution >= 4 is 0 Å². The van der Waals surface area contributed by atoms with E-state index < -0.39 is 23.0 Å². The molecule has 0 aliphatic rings. The van der Waals surface area contributed by atoms with E-state index in [4.69, 9.17) is 23.7 Å². The van der Waals surface area contributed by atoms with Crippen molar-refractivity contribution < 1.29 is 33.9 Å². The topological polar surface area (TPSA) is 86.6 Å². The maximum absolute atomic E-state index is 11.9. The lowest BCUT2D eigenvalue weighted by atomic mass is 9.68. The lowest BCUT2D eigenvalue weighted by Crippen LogP contribution is -2.48. The molecule has 45 heavy (non-hydrogen) atoms. The van der Waals surface area contributed by atoms with Gasteiger partial charge in [-0.2, -0.15) is 0 Å². The van der Waals surface area contributed by atoms with Gasteiger partial charge in [0, 0.05) is 12.1 Å². The van der Waals surface area contributed by atoms with Crippen LogP contribution in [-0.4, -0.2) is 64.1 Å². The molecular weight excluding hydrogens is 568 g/mol. The predicted molar refractivity (Wildman–Crippen MR) is 177 cm³/mol. The molecule has 0 radical (unpaired) electrons. The molecule has 2 N–H and O–H groups in total. The quantitative estimate of drug-likeness (QED) is 0.148. The maximum Gasteiger partial charge on any atom is 0.122 e. The van der Waals surface area contributed by atoms with Gasteiger partial charge in [0.1, 0.15) is 23.0 Å². The number of benzene rings is 4. The van der Waals surface area contributed by atoms with Crippen molar-refractivity contribution in [1.82, 2.24) is 0 Å². The first kappa shape index (κ1) is 33.8. The molecular formula is C38H46O7. The first-order valence-corrected chi connectivity index (χ1v) is 15.3. The van der Waals surface area contributed by atoms with Gasteiger partial charge in [-0.3, -0.25) is 0 Å². The van der Waals surface area contributed by atoms with E-state index in [1.165, 1.54) is 0 Å². The average Bonchev–Trinajstić information content (AvgIpc) is 3.11. The van der Waals surface area contributed by atoms with Crippen LogP contribution < -0.4 is 18.9 Å². The van der Waals surface area contributed by atoms with E-state index in [-0.39, 0.29) is 13.2 Å². The Balaban J connectivity index is 1.92. The van der Waals surface area contributed by atoms with E-state index in [0.717, 1.165) is 22.3 Å². The van der Waals surface area contributed by atoms with Crippen LogP contribution in [0.25, 0.3) is 0 Å². The van der Waals surface area contributed by atoms with E-state index in [2.05, 4.69) is 0 Å². The number of aliphatic hydroxyl groups excluding tert-OH is 2. The highest BCUT2D eigenvalue weighted by molar-refractivity contribution is 5.50. The summed E-state index contributed by atoms with van der Waals surface area (Å²) >= 11 is 0. The van der Waals surface area contributed by atoms with Crippen LogP contribution in [0.2, 0.25) is 0 Å². The Hall–Kier alpha value is -4.04. The second-order valence-corrected chi connectivity index (χ2v) is 11.2. The summed E-state index contributed by atoms with van der Waals surface area (Å²) in [7, 11) is 6.44. The third-order valence-corrected chi connectivity index (χ3v) is 8.88. The molecule has 7 heteroatoms. The number of hydrogen-bond acceptors (Lipinski definition) is 7. The van der Waals surface area contributed by atoms with Crippen LogP contribution in [0, 0.1) is 0 Å². The number of rotatable bonds is 16. The Labute approximate surface area is 267 Å². The predicted octanol–water partition coefficient (Wildman–Crippen LogP) is 6.55. The zero-order chi connectivity index (χ0) is 32.5. The molecule has 0 heterocycles. The van der Waals surface area contributed by atoms with Crippen LogP contribution in [0.5, 0.6) is 23.0 Å². The molecule has 240 valence electrons. The highest BCUT2D eigenvalue weighted by atomic mass is 16.5. The fourth-order valence-electron chi connectivity index (χ4n) is 6.30. The van der Waals surface area contributed by atoms with Crippen LogP contribution in [0.3, 0.4) is 0 Å². The third-order valence-electron chi connectivity index (χ3n) is 8.88. The van der Waals surface area contributed by atoms with Crippen molar-refractivity contribution in [3.05, 3.63) is 119 Å². The minimum Gasteiger partial charge on any atom is -0.497 e. The Kier molecular flexibility index (Phi) is 11.5. The molecule has 0 aliphatic heterocycles. The van der Waals surface area contributed by atoms with E-state index in [9.17, 15) is 10.2 Å². The number of hydrogen-bond donors (Lipinski definition) is 2. The fraction of sp³-hybridized carbons (Fsp3) is 0.368. The Bertz CT molecular complexity index is 1340. The van der Waals surface area contributed by atoms with Gasteiger partial charge in [0.2, 0.25) is 0 Å². The van der Waals surface area contributed by atoms with Crippen LogP contribution in [0.15, 0.2) is 97.1 Å². The summed E-state index contributed by atoms with van der Waals surface area (Å²) in [5.74, 6) is 2.43. The summed E-state index contributed by atoms with van der Waals surface area (Å²) in [6.07, 6.45) is -0.717. The molecule has 0 aromatic heterocycles. The number of aliphatic hydroxyl groups is 2. The monoisotopic (exact) mass is 614 g/mol. The van der Waals surface area contributed by atoms with E-state index in [0.29, 0.717) is 35.8 Å². The molecule has 0 saturated carbocycles. The van der Waals surface area contributed by atoms with Gasteiger partial charge in [0.15, 0.2) is 0 Å². The minimum absolute atomic E-state index is 0.106. The fourth-order valence-corrected chi connectivity index (χ4v) is 6.30. The van der Waals surface area contributed by atoms with E-state index in [1.54, 1.807) is 28.4 Å². The number of ether oxygens (including phenoxy) is 5. The van der Waals surface area contributed by atoms with Crippen molar-refractivity contribution in [3.8, 4) is 23.0 Å². The minimum atomic E-state index is -0.997. The van der Waals surface area contributed by atoms with Gasteiger partial charge in [-0.05, 0) is 59.4 Å². The summed E-state index contributed by atoms with van der Waals surface area (Å²) in [6.45, 7) is 4.12. The SMILES string of the molecule is CCC(O)C(COCC(c1ccccc1)(c1cc(OC)cc(OC)c1)C(O)CC)(c1ccccc1)c1cc(OC)cc(OC)c1. The second kappa shape index (κ2) is 15.3. The molecule has 7 nitrogen and oxygen atoms in total. The van der Waals surface area contributed by atoms with Gasteiger partial charge < -0.3 is 33.9 Å². The molecule has 4 unspecified atom stereocenters. The van der Waals surface area contributed by atoms with Crippen molar-refractivity contribution in [3.63, 3.8) is 0 Å².